The number of ether oxygens (including phenoxy) is 1. The Morgan fingerprint density at radius 1 is 1.17 bits per heavy atom. The Morgan fingerprint density at radius 2 is 1.96 bits per heavy atom. The SMILES string of the molecule is CCOC(=O)c1cnc2c(cnn2CC)c1NNc1ccccc1. The summed E-state index contributed by atoms with van der Waals surface area (Å²) in [5.74, 6) is -0.423. The fraction of sp³-hybridized carbons (Fsp3) is 0.235. The first kappa shape index (κ1) is 15.8. The highest BCUT2D eigenvalue weighted by Crippen LogP contribution is 2.26. The third-order valence-corrected chi connectivity index (χ3v) is 3.57. The van der Waals surface area contributed by atoms with Crippen molar-refractivity contribution in [1.82, 2.24) is 14.8 Å². The first-order chi connectivity index (χ1) is 11.7. The molecule has 24 heavy (non-hydrogen) atoms. The summed E-state index contributed by atoms with van der Waals surface area (Å²) in [6, 6.07) is 9.63. The van der Waals surface area contributed by atoms with Crippen LogP contribution in [0.2, 0.25) is 0 Å². The zero-order valence-corrected chi connectivity index (χ0v) is 13.6. The van der Waals surface area contributed by atoms with Gasteiger partial charge in [-0.3, -0.25) is 5.43 Å². The zero-order chi connectivity index (χ0) is 16.9. The minimum absolute atomic E-state index is 0.302. The van der Waals surface area contributed by atoms with E-state index >= 15 is 0 Å². The molecular formula is C17H19N5O2. The van der Waals surface area contributed by atoms with Crippen LogP contribution in [0.15, 0.2) is 42.7 Å². The molecule has 0 atom stereocenters. The van der Waals surface area contributed by atoms with Gasteiger partial charge in [0.05, 0.1) is 29.6 Å². The molecular weight excluding hydrogens is 306 g/mol. The van der Waals surface area contributed by atoms with Crippen LogP contribution in [0, 0.1) is 0 Å². The number of carbonyl (C=O) groups excluding carboxylic acids is 1. The van der Waals surface area contributed by atoms with Crippen LogP contribution in [0.1, 0.15) is 24.2 Å². The number of hydrazine groups is 1. The number of fused-ring (bicyclic) bond motifs is 1. The van der Waals surface area contributed by atoms with Crippen LogP contribution < -0.4 is 10.9 Å². The van der Waals surface area contributed by atoms with Crippen molar-refractivity contribution in [3.05, 3.63) is 48.3 Å². The average Bonchev–Trinajstić information content (AvgIpc) is 3.04. The number of esters is 1. The summed E-state index contributed by atoms with van der Waals surface area (Å²) in [6.45, 7) is 4.76. The molecule has 0 aliphatic carbocycles. The Balaban J connectivity index is 2.01. The molecule has 124 valence electrons. The van der Waals surface area contributed by atoms with Crippen LogP contribution in [-0.4, -0.2) is 27.3 Å². The lowest BCUT2D eigenvalue weighted by atomic mass is 10.2. The molecule has 0 aliphatic heterocycles. The van der Waals surface area contributed by atoms with Gasteiger partial charge in [-0.2, -0.15) is 5.10 Å². The highest BCUT2D eigenvalue weighted by atomic mass is 16.5. The number of carbonyl (C=O) groups is 1. The van der Waals surface area contributed by atoms with Gasteiger partial charge in [-0.15, -0.1) is 0 Å². The van der Waals surface area contributed by atoms with Crippen molar-refractivity contribution in [1.29, 1.82) is 0 Å². The van der Waals surface area contributed by atoms with Gasteiger partial charge in [0.15, 0.2) is 5.65 Å². The number of aryl methyl sites for hydroxylation is 1. The maximum atomic E-state index is 12.2. The lowest BCUT2D eigenvalue weighted by Gasteiger charge is -2.14. The van der Waals surface area contributed by atoms with Crippen LogP contribution >= 0.6 is 0 Å². The van der Waals surface area contributed by atoms with Gasteiger partial charge in [0.25, 0.3) is 0 Å². The lowest BCUT2D eigenvalue weighted by Crippen LogP contribution is -2.15. The second kappa shape index (κ2) is 6.99. The highest BCUT2D eigenvalue weighted by molar-refractivity contribution is 6.04. The number of anilines is 2. The van der Waals surface area contributed by atoms with Gasteiger partial charge in [0, 0.05) is 12.7 Å². The van der Waals surface area contributed by atoms with Gasteiger partial charge < -0.3 is 10.2 Å². The number of pyridine rings is 1. The summed E-state index contributed by atoms with van der Waals surface area (Å²) in [6.07, 6.45) is 3.22. The number of aromatic nitrogens is 3. The summed E-state index contributed by atoms with van der Waals surface area (Å²) in [5, 5.41) is 5.07. The number of para-hydroxylation sites is 1. The Kier molecular flexibility index (Phi) is 4.60. The standard InChI is InChI=1S/C17H19N5O2/c1-3-22-16-13(11-19-22)15(14(10-18-16)17(23)24-4-2)21-20-12-8-6-5-7-9-12/h5-11,20H,3-4H2,1-2H3,(H,18,21). The molecule has 3 rings (SSSR count). The zero-order valence-electron chi connectivity index (χ0n) is 13.6. The van der Waals surface area contributed by atoms with Gasteiger partial charge in [0.1, 0.15) is 5.56 Å². The number of rotatable bonds is 6. The van der Waals surface area contributed by atoms with Crippen LogP contribution in [-0.2, 0) is 11.3 Å². The molecule has 0 unspecified atom stereocenters. The van der Waals surface area contributed by atoms with Crippen LogP contribution in [0.25, 0.3) is 11.0 Å². The molecule has 1 aromatic carbocycles. The topological polar surface area (TPSA) is 81.1 Å². The minimum Gasteiger partial charge on any atom is -0.462 e. The van der Waals surface area contributed by atoms with Gasteiger partial charge in [-0.1, -0.05) is 18.2 Å². The third kappa shape index (κ3) is 3.01. The predicted octanol–water partition coefficient (Wildman–Crippen LogP) is 3.07. The molecule has 0 aliphatic rings. The van der Waals surface area contributed by atoms with Crippen LogP contribution in [0.4, 0.5) is 11.4 Å². The molecule has 0 saturated heterocycles. The maximum Gasteiger partial charge on any atom is 0.341 e. The van der Waals surface area contributed by atoms with E-state index in [9.17, 15) is 4.79 Å². The van der Waals surface area contributed by atoms with Gasteiger partial charge in [0.2, 0.25) is 0 Å². The summed E-state index contributed by atoms with van der Waals surface area (Å²) < 4.78 is 6.90. The molecule has 0 fully saturated rings. The van der Waals surface area contributed by atoms with Gasteiger partial charge in [-0.05, 0) is 26.0 Å². The second-order valence-corrected chi connectivity index (χ2v) is 5.08. The van der Waals surface area contributed by atoms with Crippen molar-refractivity contribution < 1.29 is 9.53 Å². The van der Waals surface area contributed by atoms with E-state index in [2.05, 4.69) is 20.9 Å². The fourth-order valence-corrected chi connectivity index (χ4v) is 2.41. The summed E-state index contributed by atoms with van der Waals surface area (Å²) in [5.41, 5.74) is 8.75. The molecule has 0 bridgehead atoms. The van der Waals surface area contributed by atoms with Crippen molar-refractivity contribution >= 4 is 28.4 Å². The lowest BCUT2D eigenvalue weighted by molar-refractivity contribution is 0.0527. The molecule has 0 saturated carbocycles. The van der Waals surface area contributed by atoms with Crippen molar-refractivity contribution in [2.24, 2.45) is 0 Å². The summed E-state index contributed by atoms with van der Waals surface area (Å²) >= 11 is 0. The van der Waals surface area contributed by atoms with Gasteiger partial charge >= 0.3 is 5.97 Å². The smallest absolute Gasteiger partial charge is 0.341 e. The van der Waals surface area contributed by atoms with Crippen molar-refractivity contribution in [3.8, 4) is 0 Å². The maximum absolute atomic E-state index is 12.2. The summed E-state index contributed by atoms with van der Waals surface area (Å²) in [4.78, 5) is 16.6. The van der Waals surface area contributed by atoms with E-state index < -0.39 is 5.97 Å². The number of hydrogen-bond donors (Lipinski definition) is 2. The van der Waals surface area contributed by atoms with Crippen molar-refractivity contribution in [3.63, 3.8) is 0 Å². The van der Waals surface area contributed by atoms with Crippen molar-refractivity contribution in [2.75, 3.05) is 17.5 Å². The Bertz CT molecular complexity index is 845. The van der Waals surface area contributed by atoms with E-state index in [0.717, 1.165) is 11.1 Å². The third-order valence-electron chi connectivity index (χ3n) is 3.57. The molecule has 3 aromatic rings. The number of hydrogen-bond acceptors (Lipinski definition) is 6. The highest BCUT2D eigenvalue weighted by Gasteiger charge is 2.19. The minimum atomic E-state index is -0.423. The van der Waals surface area contributed by atoms with E-state index in [1.165, 1.54) is 6.20 Å². The Hall–Kier alpha value is -3.09. The monoisotopic (exact) mass is 325 g/mol. The van der Waals surface area contributed by atoms with Crippen LogP contribution in [0.5, 0.6) is 0 Å². The molecule has 7 heteroatoms. The first-order valence-corrected chi connectivity index (χ1v) is 7.83. The average molecular weight is 325 g/mol. The van der Waals surface area contributed by atoms with Crippen molar-refractivity contribution in [2.45, 2.75) is 20.4 Å². The number of nitrogens with one attached hydrogen (secondary N) is 2. The Labute approximate surface area is 139 Å². The molecule has 0 amide bonds. The first-order valence-electron chi connectivity index (χ1n) is 7.83. The normalized spacial score (nSPS) is 10.6. The quantitative estimate of drug-likeness (QED) is 0.535. The van der Waals surface area contributed by atoms with E-state index in [1.807, 2.05) is 37.3 Å². The van der Waals surface area contributed by atoms with E-state index in [0.29, 0.717) is 30.0 Å². The predicted molar refractivity (Wildman–Crippen MR) is 92.8 cm³/mol. The van der Waals surface area contributed by atoms with E-state index in [-0.39, 0.29) is 0 Å². The number of benzene rings is 1. The largest absolute Gasteiger partial charge is 0.462 e. The Morgan fingerprint density at radius 3 is 2.67 bits per heavy atom. The van der Waals surface area contributed by atoms with Gasteiger partial charge in [-0.25, -0.2) is 14.5 Å². The van der Waals surface area contributed by atoms with Crippen LogP contribution in [0.3, 0.4) is 0 Å². The molecule has 2 heterocycles. The number of nitrogens with zero attached hydrogens (tertiary/aromatic N) is 3. The molecule has 2 aromatic heterocycles. The van der Waals surface area contributed by atoms with E-state index in [1.54, 1.807) is 17.8 Å². The van der Waals surface area contributed by atoms with E-state index in [4.69, 9.17) is 4.74 Å². The summed E-state index contributed by atoms with van der Waals surface area (Å²) in [7, 11) is 0. The second-order valence-electron chi connectivity index (χ2n) is 5.08. The molecule has 2 N–H and O–H groups in total. The molecule has 0 spiro atoms. The fourth-order valence-electron chi connectivity index (χ4n) is 2.41. The molecule has 0 radical (unpaired) electrons. The molecule has 7 nitrogen and oxygen atoms in total.